The Labute approximate surface area is 102 Å². The number of hydrogen-bond acceptors (Lipinski definition) is 5. The zero-order chi connectivity index (χ0) is 11.4. The van der Waals surface area contributed by atoms with Crippen LogP contribution in [0.25, 0.3) is 0 Å². The van der Waals surface area contributed by atoms with Crippen LogP contribution < -0.4 is 5.43 Å². The second kappa shape index (κ2) is 5.05. The van der Waals surface area contributed by atoms with E-state index in [1.54, 1.807) is 29.7 Å². The first-order valence-electron chi connectivity index (χ1n) is 4.58. The molecule has 0 atom stereocenters. The summed E-state index contributed by atoms with van der Waals surface area (Å²) in [5, 5.41) is 14.0. The number of aromatic nitrogens is 2. The van der Waals surface area contributed by atoms with Crippen LogP contribution in [-0.4, -0.2) is 16.4 Å². The lowest BCUT2D eigenvalue weighted by Crippen LogP contribution is -1.94. The van der Waals surface area contributed by atoms with Gasteiger partial charge in [-0.25, -0.2) is 0 Å². The molecule has 0 spiro atoms. The quantitative estimate of drug-likeness (QED) is 0.675. The maximum absolute atomic E-state index is 5.61. The number of anilines is 1. The van der Waals surface area contributed by atoms with Crippen LogP contribution in [0.4, 0.5) is 5.82 Å². The molecule has 6 heteroatoms. The van der Waals surface area contributed by atoms with E-state index in [1.807, 2.05) is 18.4 Å². The number of hydrazone groups is 1. The fraction of sp³-hybridized carbons (Fsp3) is 0.100. The molecule has 2 aromatic heterocycles. The van der Waals surface area contributed by atoms with Gasteiger partial charge in [-0.15, -0.1) is 21.5 Å². The van der Waals surface area contributed by atoms with Gasteiger partial charge in [0.2, 0.25) is 0 Å². The second-order valence-electron chi connectivity index (χ2n) is 3.08. The summed E-state index contributed by atoms with van der Waals surface area (Å²) in [6, 6.07) is 5.42. The molecule has 0 radical (unpaired) electrons. The van der Waals surface area contributed by atoms with E-state index in [9.17, 15) is 0 Å². The number of nitrogens with one attached hydrogen (secondary N) is 1. The van der Waals surface area contributed by atoms with Gasteiger partial charge in [-0.3, -0.25) is 5.43 Å². The number of aryl methyl sites for hydroxylation is 1. The largest absolute Gasteiger partial charge is 0.260 e. The highest BCUT2D eigenvalue weighted by atomic mass is 35.5. The average Bonchev–Trinajstić information content (AvgIpc) is 2.68. The number of hydrogen-bond donors (Lipinski definition) is 1. The van der Waals surface area contributed by atoms with Gasteiger partial charge in [0.05, 0.1) is 6.21 Å². The first-order valence-corrected chi connectivity index (χ1v) is 5.84. The van der Waals surface area contributed by atoms with Crippen LogP contribution in [0.5, 0.6) is 0 Å². The second-order valence-corrected chi connectivity index (χ2v) is 4.41. The van der Waals surface area contributed by atoms with E-state index in [-0.39, 0.29) is 0 Å². The minimum absolute atomic E-state index is 0.364. The van der Waals surface area contributed by atoms with Crippen LogP contribution in [-0.2, 0) is 0 Å². The third-order valence-electron chi connectivity index (χ3n) is 1.89. The molecule has 0 saturated heterocycles. The highest BCUT2D eigenvalue weighted by molar-refractivity contribution is 7.11. The Kier molecular flexibility index (Phi) is 3.48. The number of rotatable bonds is 3. The van der Waals surface area contributed by atoms with Crippen molar-refractivity contribution in [3.63, 3.8) is 0 Å². The van der Waals surface area contributed by atoms with E-state index >= 15 is 0 Å². The fourth-order valence-corrected chi connectivity index (χ4v) is 1.94. The molecule has 0 unspecified atom stereocenters. The Hall–Kier alpha value is -1.46. The Balaban J connectivity index is 2.00. The zero-order valence-electron chi connectivity index (χ0n) is 8.51. The molecular weight excluding hydrogens is 244 g/mol. The molecule has 4 nitrogen and oxygen atoms in total. The van der Waals surface area contributed by atoms with E-state index in [4.69, 9.17) is 11.6 Å². The van der Waals surface area contributed by atoms with Crippen molar-refractivity contribution < 1.29 is 0 Å². The summed E-state index contributed by atoms with van der Waals surface area (Å²) in [4.78, 5) is 1.12. The molecule has 0 aliphatic heterocycles. The first-order chi connectivity index (χ1) is 7.75. The number of nitrogens with zero attached hydrogens (tertiary/aromatic N) is 3. The van der Waals surface area contributed by atoms with Gasteiger partial charge in [-0.05, 0) is 36.1 Å². The van der Waals surface area contributed by atoms with Crippen molar-refractivity contribution in [3.05, 3.63) is 39.2 Å². The van der Waals surface area contributed by atoms with Gasteiger partial charge in [0.25, 0.3) is 0 Å². The predicted octanol–water partition coefficient (Wildman–Crippen LogP) is 2.95. The monoisotopic (exact) mass is 252 g/mol. The summed E-state index contributed by atoms with van der Waals surface area (Å²) in [7, 11) is 0. The van der Waals surface area contributed by atoms with E-state index in [2.05, 4.69) is 20.7 Å². The van der Waals surface area contributed by atoms with Gasteiger partial charge in [-0.1, -0.05) is 11.6 Å². The smallest absolute Gasteiger partial charge is 0.168 e. The predicted molar refractivity (Wildman–Crippen MR) is 67.3 cm³/mol. The van der Waals surface area contributed by atoms with Crippen molar-refractivity contribution in [1.29, 1.82) is 0 Å². The Morgan fingerprint density at radius 3 is 2.88 bits per heavy atom. The molecule has 2 rings (SSSR count). The minimum atomic E-state index is 0.364. The summed E-state index contributed by atoms with van der Waals surface area (Å²) >= 11 is 7.25. The molecule has 1 N–H and O–H groups in total. The standard InChI is InChI=1S/C10H9ClN4S/c1-7-4-5-16-8(7)6-12-14-10-3-2-9(11)13-15-10/h2-6H,1H3,(H,14,15). The fourth-order valence-electron chi connectivity index (χ4n) is 1.05. The molecule has 0 fully saturated rings. The van der Waals surface area contributed by atoms with Gasteiger partial charge < -0.3 is 0 Å². The van der Waals surface area contributed by atoms with Crippen LogP contribution in [0.2, 0.25) is 5.15 Å². The summed E-state index contributed by atoms with van der Waals surface area (Å²) in [6.45, 7) is 2.04. The van der Waals surface area contributed by atoms with Crippen LogP contribution in [0, 0.1) is 6.92 Å². The van der Waals surface area contributed by atoms with Gasteiger partial charge in [-0.2, -0.15) is 5.10 Å². The SMILES string of the molecule is Cc1ccsc1C=NNc1ccc(Cl)nn1. The third kappa shape index (κ3) is 2.77. The van der Waals surface area contributed by atoms with E-state index in [0.717, 1.165) is 4.88 Å². The maximum Gasteiger partial charge on any atom is 0.168 e. The van der Waals surface area contributed by atoms with Gasteiger partial charge in [0.15, 0.2) is 11.0 Å². The summed E-state index contributed by atoms with van der Waals surface area (Å²) in [5.74, 6) is 0.565. The van der Waals surface area contributed by atoms with Crippen molar-refractivity contribution in [2.75, 3.05) is 5.43 Å². The molecule has 0 amide bonds. The Morgan fingerprint density at radius 1 is 1.38 bits per heavy atom. The number of halogens is 1. The summed E-state index contributed by atoms with van der Waals surface area (Å²) in [5.41, 5.74) is 3.99. The molecule has 2 aromatic rings. The number of thiophene rings is 1. The van der Waals surface area contributed by atoms with E-state index < -0.39 is 0 Å². The lowest BCUT2D eigenvalue weighted by atomic mass is 10.3. The van der Waals surface area contributed by atoms with E-state index in [0.29, 0.717) is 11.0 Å². The van der Waals surface area contributed by atoms with E-state index in [1.165, 1.54) is 5.56 Å². The van der Waals surface area contributed by atoms with Crippen molar-refractivity contribution in [1.82, 2.24) is 10.2 Å². The van der Waals surface area contributed by atoms with Gasteiger partial charge >= 0.3 is 0 Å². The average molecular weight is 253 g/mol. The molecule has 0 saturated carbocycles. The third-order valence-corrected chi connectivity index (χ3v) is 3.05. The Bertz CT molecular complexity index is 492. The van der Waals surface area contributed by atoms with Crippen LogP contribution in [0.1, 0.15) is 10.4 Å². The van der Waals surface area contributed by atoms with Crippen molar-refractivity contribution in [3.8, 4) is 0 Å². The van der Waals surface area contributed by atoms with Crippen LogP contribution >= 0.6 is 22.9 Å². The normalized spacial score (nSPS) is 10.9. The van der Waals surface area contributed by atoms with Crippen LogP contribution in [0.3, 0.4) is 0 Å². The summed E-state index contributed by atoms with van der Waals surface area (Å²) < 4.78 is 0. The lowest BCUT2D eigenvalue weighted by Gasteiger charge is -1.96. The van der Waals surface area contributed by atoms with Crippen LogP contribution in [0.15, 0.2) is 28.7 Å². The zero-order valence-corrected chi connectivity index (χ0v) is 10.1. The molecule has 0 aliphatic carbocycles. The minimum Gasteiger partial charge on any atom is -0.260 e. The molecular formula is C10H9ClN4S. The molecule has 0 aliphatic rings. The van der Waals surface area contributed by atoms with Crippen molar-refractivity contribution in [2.24, 2.45) is 5.10 Å². The van der Waals surface area contributed by atoms with Crippen molar-refractivity contribution >= 4 is 35.0 Å². The molecule has 0 aromatic carbocycles. The molecule has 2 heterocycles. The first kappa shape index (κ1) is 11.0. The molecule has 82 valence electrons. The van der Waals surface area contributed by atoms with Gasteiger partial charge in [0, 0.05) is 4.88 Å². The lowest BCUT2D eigenvalue weighted by molar-refractivity contribution is 1.02. The highest BCUT2D eigenvalue weighted by Crippen LogP contribution is 2.12. The topological polar surface area (TPSA) is 50.2 Å². The highest BCUT2D eigenvalue weighted by Gasteiger charge is 1.95. The van der Waals surface area contributed by atoms with Crippen molar-refractivity contribution in [2.45, 2.75) is 6.92 Å². The Morgan fingerprint density at radius 2 is 2.25 bits per heavy atom. The summed E-state index contributed by atoms with van der Waals surface area (Å²) in [6.07, 6.45) is 1.76. The maximum atomic E-state index is 5.61. The molecule has 0 bridgehead atoms. The molecule has 16 heavy (non-hydrogen) atoms. The van der Waals surface area contributed by atoms with Gasteiger partial charge in [0.1, 0.15) is 0 Å².